The summed E-state index contributed by atoms with van der Waals surface area (Å²) >= 11 is 0. The van der Waals surface area contributed by atoms with Crippen molar-refractivity contribution >= 4 is 12.6 Å². The van der Waals surface area contributed by atoms with Crippen molar-refractivity contribution in [3.05, 3.63) is 42.1 Å². The Labute approximate surface area is 172 Å². The molecular formula is C21H28BNO6. The zero-order valence-corrected chi connectivity index (χ0v) is 17.6. The van der Waals surface area contributed by atoms with Crippen LogP contribution in [0.25, 0.3) is 0 Å². The van der Waals surface area contributed by atoms with Crippen LogP contribution in [0.2, 0.25) is 0 Å². The summed E-state index contributed by atoms with van der Waals surface area (Å²) in [6.45, 7) is 8.35. The Morgan fingerprint density at radius 3 is 2.28 bits per heavy atom. The summed E-state index contributed by atoms with van der Waals surface area (Å²) in [5, 5.41) is 9.17. The minimum atomic E-state index is -0.614. The van der Waals surface area contributed by atoms with Gasteiger partial charge in [-0.2, -0.15) is 0 Å². The predicted molar refractivity (Wildman–Crippen MR) is 110 cm³/mol. The van der Waals surface area contributed by atoms with E-state index in [1.165, 1.54) is 0 Å². The Morgan fingerprint density at radius 1 is 1.03 bits per heavy atom. The smallest absolute Gasteiger partial charge is 0.497 e. The Bertz CT molecular complexity index is 808. The largest absolute Gasteiger partial charge is 0.500 e. The molecule has 2 aromatic rings. The molecular weight excluding hydrogens is 373 g/mol. The second kappa shape index (κ2) is 8.61. The van der Waals surface area contributed by atoms with Crippen LogP contribution in [-0.4, -0.2) is 48.7 Å². The number of rotatable bonds is 8. The van der Waals surface area contributed by atoms with Gasteiger partial charge in [0.05, 0.1) is 24.9 Å². The number of aliphatic hydroxyl groups excluding tert-OH is 1. The third kappa shape index (κ3) is 4.83. The van der Waals surface area contributed by atoms with Crippen LogP contribution in [0.3, 0.4) is 0 Å². The summed E-state index contributed by atoms with van der Waals surface area (Å²) in [4.78, 5) is 4.39. The van der Waals surface area contributed by atoms with E-state index < -0.39 is 18.3 Å². The number of hydrogen-bond acceptors (Lipinski definition) is 7. The molecule has 1 aromatic carbocycles. The zero-order valence-electron chi connectivity index (χ0n) is 17.6. The van der Waals surface area contributed by atoms with E-state index in [9.17, 15) is 0 Å². The second-order valence-electron chi connectivity index (χ2n) is 7.86. The monoisotopic (exact) mass is 401 g/mol. The Kier molecular flexibility index (Phi) is 6.36. The summed E-state index contributed by atoms with van der Waals surface area (Å²) in [5.74, 6) is 1.71. The standard InChI is InChI=1S/C21H28BNO6/c1-20(2)21(3,4)29-22(28-20)17-13-23-19(12-18(17)26-11-10-24)27-14-15-6-8-16(25-5)9-7-15/h6-9,12-13,24H,10-11,14H2,1-5H3. The third-order valence-corrected chi connectivity index (χ3v) is 5.27. The molecule has 0 radical (unpaired) electrons. The molecule has 8 heteroatoms. The summed E-state index contributed by atoms with van der Waals surface area (Å²) in [7, 11) is 1.02. The quantitative estimate of drug-likeness (QED) is 0.681. The van der Waals surface area contributed by atoms with Gasteiger partial charge in [0, 0.05) is 17.7 Å². The van der Waals surface area contributed by atoms with Gasteiger partial charge in [-0.25, -0.2) is 4.98 Å². The van der Waals surface area contributed by atoms with Crippen molar-refractivity contribution in [3.63, 3.8) is 0 Å². The molecule has 0 saturated carbocycles. The van der Waals surface area contributed by atoms with E-state index in [2.05, 4.69) is 4.98 Å². The molecule has 7 nitrogen and oxygen atoms in total. The van der Waals surface area contributed by atoms with Crippen LogP contribution in [0, 0.1) is 0 Å². The third-order valence-electron chi connectivity index (χ3n) is 5.27. The van der Waals surface area contributed by atoms with Crippen LogP contribution in [-0.2, 0) is 15.9 Å². The number of aromatic nitrogens is 1. The van der Waals surface area contributed by atoms with Crippen LogP contribution >= 0.6 is 0 Å². The lowest BCUT2D eigenvalue weighted by atomic mass is 9.79. The molecule has 1 aromatic heterocycles. The number of pyridine rings is 1. The fourth-order valence-corrected chi connectivity index (χ4v) is 2.82. The number of hydrogen-bond donors (Lipinski definition) is 1. The molecule has 0 unspecified atom stereocenters. The fraction of sp³-hybridized carbons (Fsp3) is 0.476. The zero-order chi connectivity index (χ0) is 21.1. The molecule has 1 N–H and O–H groups in total. The molecule has 29 heavy (non-hydrogen) atoms. The molecule has 2 heterocycles. The van der Waals surface area contributed by atoms with Crippen LogP contribution in [0.5, 0.6) is 17.4 Å². The minimum Gasteiger partial charge on any atom is -0.497 e. The first-order valence-electron chi connectivity index (χ1n) is 9.61. The van der Waals surface area contributed by atoms with Crippen molar-refractivity contribution in [2.24, 2.45) is 0 Å². The fourth-order valence-electron chi connectivity index (χ4n) is 2.82. The maximum absolute atomic E-state index is 9.17. The van der Waals surface area contributed by atoms with Crippen molar-refractivity contribution in [3.8, 4) is 17.4 Å². The highest BCUT2D eigenvalue weighted by molar-refractivity contribution is 6.63. The van der Waals surface area contributed by atoms with Gasteiger partial charge in [-0.3, -0.25) is 0 Å². The molecule has 1 aliphatic heterocycles. The Morgan fingerprint density at radius 2 is 1.69 bits per heavy atom. The van der Waals surface area contributed by atoms with E-state index in [1.54, 1.807) is 19.4 Å². The van der Waals surface area contributed by atoms with Crippen LogP contribution in [0.4, 0.5) is 0 Å². The molecule has 0 aliphatic carbocycles. The van der Waals surface area contributed by atoms with Crippen molar-refractivity contribution in [1.29, 1.82) is 0 Å². The van der Waals surface area contributed by atoms with Gasteiger partial charge in [-0.05, 0) is 45.4 Å². The molecule has 156 valence electrons. The van der Waals surface area contributed by atoms with Crippen molar-refractivity contribution < 1.29 is 28.6 Å². The first-order valence-corrected chi connectivity index (χ1v) is 9.61. The molecule has 3 rings (SSSR count). The number of aliphatic hydroxyl groups is 1. The van der Waals surface area contributed by atoms with Gasteiger partial charge in [0.25, 0.3) is 0 Å². The van der Waals surface area contributed by atoms with E-state index >= 15 is 0 Å². The maximum Gasteiger partial charge on any atom is 0.500 e. The molecule has 0 bridgehead atoms. The van der Waals surface area contributed by atoms with Crippen LogP contribution in [0.1, 0.15) is 33.3 Å². The maximum atomic E-state index is 9.17. The van der Waals surface area contributed by atoms with E-state index in [1.807, 2.05) is 52.0 Å². The Hall–Kier alpha value is -2.29. The van der Waals surface area contributed by atoms with Gasteiger partial charge in [0.15, 0.2) is 0 Å². The lowest BCUT2D eigenvalue weighted by molar-refractivity contribution is 0.00578. The number of methoxy groups -OCH3 is 1. The normalized spacial score (nSPS) is 17.2. The lowest BCUT2D eigenvalue weighted by Crippen LogP contribution is -2.41. The van der Waals surface area contributed by atoms with Gasteiger partial charge >= 0.3 is 7.12 Å². The summed E-state index contributed by atoms with van der Waals surface area (Å²) < 4.78 is 28.9. The first-order chi connectivity index (χ1) is 13.8. The molecule has 0 amide bonds. The highest BCUT2D eigenvalue weighted by Gasteiger charge is 2.52. The average Bonchev–Trinajstić information content (AvgIpc) is 2.92. The number of benzene rings is 1. The van der Waals surface area contributed by atoms with E-state index in [-0.39, 0.29) is 13.2 Å². The summed E-state index contributed by atoms with van der Waals surface area (Å²) in [6.07, 6.45) is 1.64. The molecule has 0 atom stereocenters. The highest BCUT2D eigenvalue weighted by atomic mass is 16.7. The van der Waals surface area contributed by atoms with Gasteiger partial charge in [0.1, 0.15) is 24.7 Å². The molecule has 1 saturated heterocycles. The average molecular weight is 401 g/mol. The number of ether oxygens (including phenoxy) is 3. The van der Waals surface area contributed by atoms with Crippen molar-refractivity contribution in [1.82, 2.24) is 4.98 Å². The minimum absolute atomic E-state index is 0.104. The highest BCUT2D eigenvalue weighted by Crippen LogP contribution is 2.37. The second-order valence-corrected chi connectivity index (χ2v) is 7.86. The SMILES string of the molecule is COc1ccc(COc2cc(OCCO)c(B3OC(C)(C)C(C)(C)O3)cn2)cc1. The summed E-state index contributed by atoms with van der Waals surface area (Å²) in [6, 6.07) is 9.31. The van der Waals surface area contributed by atoms with Crippen LogP contribution in [0.15, 0.2) is 36.5 Å². The molecule has 0 spiro atoms. The molecule has 1 aliphatic rings. The first kappa shape index (κ1) is 21.4. The number of nitrogens with zero attached hydrogens (tertiary/aromatic N) is 1. The lowest BCUT2D eigenvalue weighted by Gasteiger charge is -2.32. The molecule has 1 fully saturated rings. The van der Waals surface area contributed by atoms with Crippen molar-refractivity contribution in [2.45, 2.75) is 45.5 Å². The van der Waals surface area contributed by atoms with E-state index in [4.69, 9.17) is 28.6 Å². The van der Waals surface area contributed by atoms with Crippen molar-refractivity contribution in [2.75, 3.05) is 20.3 Å². The van der Waals surface area contributed by atoms with E-state index in [0.29, 0.717) is 23.7 Å². The van der Waals surface area contributed by atoms with Gasteiger partial charge in [-0.1, -0.05) is 12.1 Å². The summed E-state index contributed by atoms with van der Waals surface area (Å²) in [5.41, 5.74) is 0.694. The van der Waals surface area contributed by atoms with Gasteiger partial charge < -0.3 is 28.6 Å². The van der Waals surface area contributed by atoms with Gasteiger partial charge in [-0.15, -0.1) is 0 Å². The van der Waals surface area contributed by atoms with Gasteiger partial charge in [0.2, 0.25) is 5.88 Å². The van der Waals surface area contributed by atoms with E-state index in [0.717, 1.165) is 11.3 Å². The predicted octanol–water partition coefficient (Wildman–Crippen LogP) is 2.34. The Balaban J connectivity index is 1.76. The topological polar surface area (TPSA) is 79.3 Å². The van der Waals surface area contributed by atoms with Crippen LogP contribution < -0.4 is 19.7 Å².